The number of likely N-dealkylation sites (tertiary alicyclic amines) is 1. The first-order valence-electron chi connectivity index (χ1n) is 6.59. The van der Waals surface area contributed by atoms with E-state index in [1.165, 1.54) is 18.2 Å². The van der Waals surface area contributed by atoms with Crippen molar-refractivity contribution in [2.45, 2.75) is 17.7 Å². The molecule has 0 aromatic heterocycles. The summed E-state index contributed by atoms with van der Waals surface area (Å²) in [5.41, 5.74) is -0.282. The van der Waals surface area contributed by atoms with Crippen LogP contribution in [0.5, 0.6) is 0 Å². The predicted octanol–water partition coefficient (Wildman–Crippen LogP) is 0.900. The Morgan fingerprint density at radius 2 is 2.05 bits per heavy atom. The summed E-state index contributed by atoms with van der Waals surface area (Å²) in [6.07, 6.45) is 2.30. The Morgan fingerprint density at radius 3 is 2.71 bits per heavy atom. The Hall–Kier alpha value is -1.55. The molecule has 0 bridgehead atoms. The molecule has 1 N–H and O–H groups in total. The van der Waals surface area contributed by atoms with Crippen molar-refractivity contribution in [1.29, 1.82) is 0 Å². The van der Waals surface area contributed by atoms with Crippen LogP contribution in [-0.2, 0) is 14.9 Å². The summed E-state index contributed by atoms with van der Waals surface area (Å²) in [5.74, 6) is 0. The van der Waals surface area contributed by atoms with Gasteiger partial charge in [-0.05, 0) is 32.0 Å². The van der Waals surface area contributed by atoms with Crippen LogP contribution in [0.2, 0.25) is 0 Å². The number of benzene rings is 1. The lowest BCUT2D eigenvalue weighted by Crippen LogP contribution is -2.30. The maximum Gasteiger partial charge on any atom is 0.270 e. The van der Waals surface area contributed by atoms with Gasteiger partial charge in [0.15, 0.2) is 0 Å². The van der Waals surface area contributed by atoms with Gasteiger partial charge in [0.25, 0.3) is 15.7 Å². The number of sulfonamides is 1. The van der Waals surface area contributed by atoms with Crippen LogP contribution in [-0.4, -0.2) is 44.5 Å². The highest BCUT2D eigenvalue weighted by atomic mass is 32.2. The fourth-order valence-corrected chi connectivity index (χ4v) is 2.98. The number of hydrogen-bond donors (Lipinski definition) is 1. The lowest BCUT2D eigenvalue weighted by atomic mass is 10.3. The molecular weight excluding hydrogens is 298 g/mol. The highest BCUT2D eigenvalue weighted by Crippen LogP contribution is 2.17. The second-order valence-corrected chi connectivity index (χ2v) is 6.38. The normalized spacial score (nSPS) is 16.2. The molecule has 9 heteroatoms. The van der Waals surface area contributed by atoms with Crippen molar-refractivity contribution in [3.05, 3.63) is 34.4 Å². The molecule has 1 saturated heterocycles. The summed E-state index contributed by atoms with van der Waals surface area (Å²) in [6.45, 7) is 2.88. The summed E-state index contributed by atoms with van der Waals surface area (Å²) in [5, 5.41) is 10.6. The molecule has 0 unspecified atom stereocenters. The fraction of sp³-hybridized carbons (Fsp3) is 0.500. The van der Waals surface area contributed by atoms with E-state index in [1.807, 2.05) is 4.89 Å². The third-order valence-corrected chi connectivity index (χ3v) is 4.43. The van der Waals surface area contributed by atoms with Gasteiger partial charge in [-0.2, -0.15) is 0 Å². The molecule has 21 heavy (non-hydrogen) atoms. The monoisotopic (exact) mass is 315 g/mol. The molecule has 0 aliphatic carbocycles. The van der Waals surface area contributed by atoms with E-state index in [-0.39, 0.29) is 17.2 Å². The van der Waals surface area contributed by atoms with Crippen molar-refractivity contribution in [2.24, 2.45) is 0 Å². The summed E-state index contributed by atoms with van der Waals surface area (Å²) in [4.78, 5) is 18.9. The van der Waals surface area contributed by atoms with Crippen LogP contribution in [0.4, 0.5) is 5.69 Å². The van der Waals surface area contributed by atoms with Crippen molar-refractivity contribution in [1.82, 2.24) is 9.79 Å². The zero-order valence-electron chi connectivity index (χ0n) is 11.4. The minimum absolute atomic E-state index is 0.196. The molecule has 1 aliphatic rings. The van der Waals surface area contributed by atoms with Crippen LogP contribution in [0.1, 0.15) is 12.8 Å². The molecule has 1 aliphatic heterocycles. The van der Waals surface area contributed by atoms with Gasteiger partial charge in [0.1, 0.15) is 0 Å². The van der Waals surface area contributed by atoms with Gasteiger partial charge in [-0.3, -0.25) is 15.0 Å². The molecule has 116 valence electrons. The molecule has 2 rings (SSSR count). The number of rotatable bonds is 7. The second-order valence-electron chi connectivity index (χ2n) is 4.74. The molecule has 1 aromatic rings. The van der Waals surface area contributed by atoms with E-state index in [0.29, 0.717) is 6.54 Å². The van der Waals surface area contributed by atoms with E-state index in [1.54, 1.807) is 0 Å². The lowest BCUT2D eigenvalue weighted by molar-refractivity contribution is -0.385. The Bertz CT molecular complexity index is 599. The number of nitrogens with one attached hydrogen (secondary N) is 1. The van der Waals surface area contributed by atoms with Gasteiger partial charge >= 0.3 is 0 Å². The van der Waals surface area contributed by atoms with Gasteiger partial charge in [0.2, 0.25) is 0 Å². The van der Waals surface area contributed by atoms with Crippen LogP contribution in [0.25, 0.3) is 0 Å². The number of nitro benzene ring substituents is 1. The van der Waals surface area contributed by atoms with Crippen molar-refractivity contribution in [3.8, 4) is 0 Å². The third-order valence-electron chi connectivity index (χ3n) is 3.22. The van der Waals surface area contributed by atoms with Crippen LogP contribution in [0, 0.1) is 10.1 Å². The molecule has 0 spiro atoms. The minimum atomic E-state index is -3.91. The predicted molar refractivity (Wildman–Crippen MR) is 75.0 cm³/mol. The third kappa shape index (κ3) is 4.46. The highest BCUT2D eigenvalue weighted by molar-refractivity contribution is 7.89. The Labute approximate surface area is 122 Å². The summed E-state index contributed by atoms with van der Waals surface area (Å²) in [6, 6.07) is 4.81. The second kappa shape index (κ2) is 6.94. The molecule has 1 fully saturated rings. The number of hydrogen-bond acceptors (Lipinski definition) is 6. The van der Waals surface area contributed by atoms with E-state index in [2.05, 4.69) is 4.90 Å². The van der Waals surface area contributed by atoms with E-state index >= 15 is 0 Å². The van der Waals surface area contributed by atoms with Gasteiger partial charge in [-0.25, -0.2) is 8.42 Å². The standard InChI is InChI=1S/C12H17N3O5S/c16-15(17)11-4-3-5-12(10-11)21(18,19)13-20-9-8-14-6-1-2-7-14/h3-5,10,13H,1-2,6-9H2. The number of non-ortho nitro benzene ring substituents is 1. The average molecular weight is 315 g/mol. The molecular formula is C12H17N3O5S. The topological polar surface area (TPSA) is 102 Å². The van der Waals surface area contributed by atoms with Crippen LogP contribution in [0.3, 0.4) is 0 Å². The Kier molecular flexibility index (Phi) is 5.23. The van der Waals surface area contributed by atoms with Crippen molar-refractivity contribution < 1.29 is 18.2 Å². The van der Waals surface area contributed by atoms with Crippen molar-refractivity contribution >= 4 is 15.7 Å². The van der Waals surface area contributed by atoms with Crippen molar-refractivity contribution in [3.63, 3.8) is 0 Å². The molecule has 0 atom stereocenters. The van der Waals surface area contributed by atoms with E-state index in [9.17, 15) is 18.5 Å². The minimum Gasteiger partial charge on any atom is -0.301 e. The number of nitrogens with zero attached hydrogens (tertiary/aromatic N) is 2. The van der Waals surface area contributed by atoms with Crippen molar-refractivity contribution in [2.75, 3.05) is 26.2 Å². The number of nitro groups is 1. The van der Waals surface area contributed by atoms with Gasteiger partial charge in [0.05, 0.1) is 16.4 Å². The average Bonchev–Trinajstić information content (AvgIpc) is 2.97. The maximum atomic E-state index is 11.9. The van der Waals surface area contributed by atoms with Crippen LogP contribution < -0.4 is 4.89 Å². The summed E-state index contributed by atoms with van der Waals surface area (Å²) < 4.78 is 23.9. The molecule has 0 amide bonds. The van der Waals surface area contributed by atoms with Gasteiger partial charge in [0, 0.05) is 18.7 Å². The molecule has 1 heterocycles. The molecule has 1 aromatic carbocycles. The lowest BCUT2D eigenvalue weighted by Gasteiger charge is -2.14. The Morgan fingerprint density at radius 1 is 1.33 bits per heavy atom. The molecule has 8 nitrogen and oxygen atoms in total. The first-order valence-corrected chi connectivity index (χ1v) is 8.08. The van der Waals surface area contributed by atoms with Gasteiger partial charge < -0.3 is 4.90 Å². The summed E-state index contributed by atoms with van der Waals surface area (Å²) in [7, 11) is -3.91. The smallest absolute Gasteiger partial charge is 0.270 e. The molecule has 0 radical (unpaired) electrons. The van der Waals surface area contributed by atoms with Crippen LogP contribution in [0.15, 0.2) is 29.2 Å². The fourth-order valence-electron chi connectivity index (χ4n) is 2.11. The largest absolute Gasteiger partial charge is 0.301 e. The quantitative estimate of drug-likeness (QED) is 0.456. The van der Waals surface area contributed by atoms with E-state index in [4.69, 9.17) is 4.84 Å². The zero-order chi connectivity index (χ0) is 15.3. The zero-order valence-corrected chi connectivity index (χ0v) is 12.2. The van der Waals surface area contributed by atoms with Crippen LogP contribution >= 0.6 is 0 Å². The Balaban J connectivity index is 1.88. The highest BCUT2D eigenvalue weighted by Gasteiger charge is 2.18. The van der Waals surface area contributed by atoms with Gasteiger partial charge in [-0.1, -0.05) is 11.0 Å². The van der Waals surface area contributed by atoms with E-state index in [0.717, 1.165) is 32.0 Å². The first-order chi connectivity index (χ1) is 9.99. The molecule has 0 saturated carbocycles. The SMILES string of the molecule is O=[N+]([O-])c1cccc(S(=O)(=O)NOCCN2CCCC2)c1. The maximum absolute atomic E-state index is 11.9. The van der Waals surface area contributed by atoms with E-state index < -0.39 is 14.9 Å². The summed E-state index contributed by atoms with van der Waals surface area (Å²) >= 11 is 0. The van der Waals surface area contributed by atoms with Gasteiger partial charge in [-0.15, -0.1) is 0 Å². The first kappa shape index (κ1) is 15.8.